The maximum atomic E-state index is 10.9. The zero-order valence-corrected chi connectivity index (χ0v) is 12.5. The Labute approximate surface area is 116 Å². The van der Waals surface area contributed by atoms with Crippen LogP contribution in [0.1, 0.15) is 44.0 Å². The molecule has 0 spiro atoms. The van der Waals surface area contributed by atoms with Crippen molar-refractivity contribution in [1.29, 1.82) is 0 Å². The van der Waals surface area contributed by atoms with Crippen molar-refractivity contribution in [3.8, 4) is 0 Å². The van der Waals surface area contributed by atoms with Crippen LogP contribution >= 0.6 is 0 Å². The topological polar surface area (TPSA) is 41.3 Å². The molecule has 1 N–H and O–H groups in total. The highest BCUT2D eigenvalue weighted by Crippen LogP contribution is 2.26. The SMILES string of the molecule is CCCN1CCCC(O)(Cc2cc(C)nn2C)CC1. The molecule has 1 fully saturated rings. The average Bonchev–Trinajstić information content (AvgIpc) is 2.54. The third kappa shape index (κ3) is 3.80. The predicted molar refractivity (Wildman–Crippen MR) is 77.2 cm³/mol. The molecule has 0 radical (unpaired) electrons. The van der Waals surface area contributed by atoms with E-state index in [4.69, 9.17) is 0 Å². The highest BCUT2D eigenvalue weighted by atomic mass is 16.3. The van der Waals surface area contributed by atoms with Crippen molar-refractivity contribution < 1.29 is 5.11 Å². The average molecular weight is 265 g/mol. The molecular weight excluding hydrogens is 238 g/mol. The number of hydrogen-bond donors (Lipinski definition) is 1. The first-order valence-corrected chi connectivity index (χ1v) is 7.47. The van der Waals surface area contributed by atoms with Crippen LogP contribution in [-0.2, 0) is 13.5 Å². The molecule has 0 aliphatic carbocycles. The van der Waals surface area contributed by atoms with Crippen LogP contribution in [0.4, 0.5) is 0 Å². The van der Waals surface area contributed by atoms with Crippen molar-refractivity contribution >= 4 is 0 Å². The molecule has 0 saturated carbocycles. The van der Waals surface area contributed by atoms with Crippen LogP contribution < -0.4 is 0 Å². The van der Waals surface area contributed by atoms with Crippen molar-refractivity contribution in [2.75, 3.05) is 19.6 Å². The monoisotopic (exact) mass is 265 g/mol. The molecule has 1 aliphatic rings. The summed E-state index contributed by atoms with van der Waals surface area (Å²) in [5.41, 5.74) is 1.62. The molecule has 1 aromatic heterocycles. The standard InChI is InChI=1S/C15H27N3O/c1-4-8-18-9-5-6-15(19,7-10-18)12-14-11-13(2)16-17(14)3/h11,19H,4-10,12H2,1-3H3. The molecule has 1 saturated heterocycles. The highest BCUT2D eigenvalue weighted by molar-refractivity contribution is 5.11. The van der Waals surface area contributed by atoms with E-state index >= 15 is 0 Å². The fraction of sp³-hybridized carbons (Fsp3) is 0.800. The summed E-state index contributed by atoms with van der Waals surface area (Å²) in [5, 5.41) is 15.2. The van der Waals surface area contributed by atoms with Gasteiger partial charge in [0.2, 0.25) is 0 Å². The number of likely N-dealkylation sites (tertiary alicyclic amines) is 1. The minimum Gasteiger partial charge on any atom is -0.389 e. The van der Waals surface area contributed by atoms with Crippen LogP contribution in [0.3, 0.4) is 0 Å². The van der Waals surface area contributed by atoms with E-state index in [0.717, 1.165) is 56.7 Å². The Balaban J connectivity index is 2.00. The quantitative estimate of drug-likeness (QED) is 0.904. The largest absolute Gasteiger partial charge is 0.389 e. The van der Waals surface area contributed by atoms with Gasteiger partial charge in [-0.2, -0.15) is 5.10 Å². The van der Waals surface area contributed by atoms with Gasteiger partial charge in [0, 0.05) is 25.7 Å². The fourth-order valence-electron chi connectivity index (χ4n) is 3.12. The first-order valence-electron chi connectivity index (χ1n) is 7.47. The lowest BCUT2D eigenvalue weighted by Gasteiger charge is -2.27. The Kier molecular flexibility index (Phi) is 4.63. The summed E-state index contributed by atoms with van der Waals surface area (Å²) in [6.07, 6.45) is 4.78. The fourth-order valence-corrected chi connectivity index (χ4v) is 3.12. The Morgan fingerprint density at radius 1 is 1.37 bits per heavy atom. The summed E-state index contributed by atoms with van der Waals surface area (Å²) in [6.45, 7) is 7.52. The first kappa shape index (κ1) is 14.5. The molecule has 1 unspecified atom stereocenters. The van der Waals surface area contributed by atoms with E-state index in [1.807, 2.05) is 18.7 Å². The molecule has 0 aromatic carbocycles. The lowest BCUT2D eigenvalue weighted by molar-refractivity contribution is 0.0240. The number of rotatable bonds is 4. The molecule has 19 heavy (non-hydrogen) atoms. The molecule has 2 heterocycles. The van der Waals surface area contributed by atoms with E-state index in [-0.39, 0.29) is 0 Å². The Morgan fingerprint density at radius 3 is 2.79 bits per heavy atom. The normalized spacial score (nSPS) is 25.5. The van der Waals surface area contributed by atoms with Gasteiger partial charge in [-0.25, -0.2) is 0 Å². The van der Waals surface area contributed by atoms with Gasteiger partial charge in [-0.15, -0.1) is 0 Å². The van der Waals surface area contributed by atoms with Crippen molar-refractivity contribution in [2.24, 2.45) is 7.05 Å². The van der Waals surface area contributed by atoms with Crippen LogP contribution in [-0.4, -0.2) is 45.0 Å². The molecule has 4 heteroatoms. The summed E-state index contributed by atoms with van der Waals surface area (Å²) in [7, 11) is 1.96. The van der Waals surface area contributed by atoms with Crippen molar-refractivity contribution in [2.45, 2.75) is 51.6 Å². The van der Waals surface area contributed by atoms with Gasteiger partial charge < -0.3 is 10.0 Å². The second-order valence-corrected chi connectivity index (χ2v) is 6.00. The number of aliphatic hydroxyl groups is 1. The number of nitrogens with zero attached hydrogens (tertiary/aromatic N) is 3. The summed E-state index contributed by atoms with van der Waals surface area (Å²) in [6, 6.07) is 2.09. The number of hydrogen-bond acceptors (Lipinski definition) is 3. The first-order chi connectivity index (χ1) is 9.02. The van der Waals surface area contributed by atoms with Gasteiger partial charge in [0.25, 0.3) is 0 Å². The third-order valence-corrected chi connectivity index (χ3v) is 4.16. The minimum atomic E-state index is -0.553. The lowest BCUT2D eigenvalue weighted by atomic mass is 9.89. The van der Waals surface area contributed by atoms with E-state index in [1.165, 1.54) is 6.42 Å². The molecule has 1 atom stereocenters. The third-order valence-electron chi connectivity index (χ3n) is 4.16. The maximum Gasteiger partial charge on any atom is 0.0715 e. The molecule has 0 amide bonds. The zero-order valence-electron chi connectivity index (χ0n) is 12.5. The zero-order chi connectivity index (χ0) is 13.9. The summed E-state index contributed by atoms with van der Waals surface area (Å²) in [4.78, 5) is 2.48. The van der Waals surface area contributed by atoms with E-state index in [0.29, 0.717) is 0 Å². The molecule has 108 valence electrons. The van der Waals surface area contributed by atoms with Crippen molar-refractivity contribution in [3.63, 3.8) is 0 Å². The van der Waals surface area contributed by atoms with E-state index in [9.17, 15) is 5.11 Å². The molecule has 4 nitrogen and oxygen atoms in total. The van der Waals surface area contributed by atoms with Gasteiger partial charge in [0.05, 0.1) is 11.3 Å². The number of aromatic nitrogens is 2. The Hall–Kier alpha value is -0.870. The van der Waals surface area contributed by atoms with Gasteiger partial charge in [0.15, 0.2) is 0 Å². The maximum absolute atomic E-state index is 10.9. The molecule has 1 aromatic rings. The van der Waals surface area contributed by atoms with Crippen LogP contribution in [0.25, 0.3) is 0 Å². The van der Waals surface area contributed by atoms with Crippen LogP contribution in [0.15, 0.2) is 6.07 Å². The second-order valence-electron chi connectivity index (χ2n) is 6.00. The van der Waals surface area contributed by atoms with Crippen molar-refractivity contribution in [1.82, 2.24) is 14.7 Å². The van der Waals surface area contributed by atoms with Crippen LogP contribution in [0.5, 0.6) is 0 Å². The molecule has 0 bridgehead atoms. The van der Waals surface area contributed by atoms with Crippen LogP contribution in [0.2, 0.25) is 0 Å². The minimum absolute atomic E-state index is 0.553. The smallest absolute Gasteiger partial charge is 0.0715 e. The number of aryl methyl sites for hydroxylation is 2. The Morgan fingerprint density at radius 2 is 2.16 bits per heavy atom. The van der Waals surface area contributed by atoms with E-state index in [2.05, 4.69) is 23.0 Å². The van der Waals surface area contributed by atoms with Gasteiger partial charge in [-0.3, -0.25) is 4.68 Å². The van der Waals surface area contributed by atoms with Gasteiger partial charge in [-0.1, -0.05) is 6.92 Å². The molecule has 1 aliphatic heterocycles. The van der Waals surface area contributed by atoms with Crippen LogP contribution in [0, 0.1) is 6.92 Å². The summed E-state index contributed by atoms with van der Waals surface area (Å²) in [5.74, 6) is 0. The lowest BCUT2D eigenvalue weighted by Crippen LogP contribution is -2.34. The summed E-state index contributed by atoms with van der Waals surface area (Å²) >= 11 is 0. The molecule has 2 rings (SSSR count). The van der Waals surface area contributed by atoms with Crippen molar-refractivity contribution in [3.05, 3.63) is 17.5 Å². The van der Waals surface area contributed by atoms with E-state index < -0.39 is 5.60 Å². The van der Waals surface area contributed by atoms with Gasteiger partial charge in [0.1, 0.15) is 0 Å². The van der Waals surface area contributed by atoms with Gasteiger partial charge >= 0.3 is 0 Å². The second kappa shape index (κ2) is 6.06. The predicted octanol–water partition coefficient (Wildman–Crippen LogP) is 1.90. The highest BCUT2D eigenvalue weighted by Gasteiger charge is 2.31. The Bertz CT molecular complexity index is 416. The van der Waals surface area contributed by atoms with E-state index in [1.54, 1.807) is 0 Å². The molecular formula is C15H27N3O. The van der Waals surface area contributed by atoms with Gasteiger partial charge in [-0.05, 0) is 51.8 Å². The summed E-state index contributed by atoms with van der Waals surface area (Å²) < 4.78 is 1.90.